The van der Waals surface area contributed by atoms with Gasteiger partial charge in [0, 0.05) is 13.2 Å². The second kappa shape index (κ2) is 4.23. The Bertz CT molecular complexity index is 327. The zero-order chi connectivity index (χ0) is 9.84. The lowest BCUT2D eigenvalue weighted by atomic mass is 10.3. The largest absolute Gasteiger partial charge is 0.355 e. The van der Waals surface area contributed by atoms with Crippen molar-refractivity contribution < 1.29 is 4.79 Å². The number of thioether (sulfide) groups is 1. The van der Waals surface area contributed by atoms with E-state index in [-0.39, 0.29) is 5.91 Å². The summed E-state index contributed by atoms with van der Waals surface area (Å²) in [6.07, 6.45) is 3.43. The summed E-state index contributed by atoms with van der Waals surface area (Å²) in [6, 6.07) is 0. The number of carbonyl (C=O) groups is 1. The third-order valence-corrected chi connectivity index (χ3v) is 2.24. The van der Waals surface area contributed by atoms with Crippen molar-refractivity contribution in [2.75, 3.05) is 13.3 Å². The van der Waals surface area contributed by atoms with Crippen molar-refractivity contribution in [2.45, 2.75) is 11.9 Å². The van der Waals surface area contributed by atoms with Crippen molar-refractivity contribution >= 4 is 17.7 Å². The minimum absolute atomic E-state index is 0.149. The number of hydrogen-bond donors (Lipinski definition) is 1. The summed E-state index contributed by atoms with van der Waals surface area (Å²) in [6.45, 7) is 1.80. The van der Waals surface area contributed by atoms with Gasteiger partial charge in [-0.25, -0.2) is 9.97 Å². The molecule has 0 fully saturated rings. The fourth-order valence-corrected chi connectivity index (χ4v) is 1.48. The molecule has 0 saturated heterocycles. The molecule has 0 aliphatic heterocycles. The maximum absolute atomic E-state index is 11.3. The van der Waals surface area contributed by atoms with Crippen LogP contribution < -0.4 is 5.32 Å². The topological polar surface area (TPSA) is 54.9 Å². The molecule has 13 heavy (non-hydrogen) atoms. The normalized spacial score (nSPS) is 9.77. The summed E-state index contributed by atoms with van der Waals surface area (Å²) in [5.41, 5.74) is 0.528. The Kier molecular flexibility index (Phi) is 3.25. The first-order valence-corrected chi connectivity index (χ1v) is 5.01. The quantitative estimate of drug-likeness (QED) is 0.564. The van der Waals surface area contributed by atoms with Gasteiger partial charge >= 0.3 is 0 Å². The molecule has 0 aliphatic rings. The minimum Gasteiger partial charge on any atom is -0.355 e. The first kappa shape index (κ1) is 9.98. The Balaban J connectivity index is 3.13. The molecule has 0 unspecified atom stereocenters. The molecular weight excluding hydrogens is 186 g/mol. The summed E-state index contributed by atoms with van der Waals surface area (Å²) in [7, 11) is 1.59. The van der Waals surface area contributed by atoms with E-state index >= 15 is 0 Å². The van der Waals surface area contributed by atoms with E-state index in [2.05, 4.69) is 15.3 Å². The molecule has 0 saturated carbocycles. The van der Waals surface area contributed by atoms with Crippen molar-refractivity contribution in [1.82, 2.24) is 15.3 Å². The second-order valence-electron chi connectivity index (χ2n) is 2.42. The number of nitrogens with one attached hydrogen (secondary N) is 1. The van der Waals surface area contributed by atoms with Gasteiger partial charge in [-0.3, -0.25) is 4.79 Å². The van der Waals surface area contributed by atoms with Crippen LogP contribution in [0.15, 0.2) is 11.2 Å². The Labute approximate surface area is 81.2 Å². The van der Waals surface area contributed by atoms with Crippen molar-refractivity contribution in [2.24, 2.45) is 0 Å². The van der Waals surface area contributed by atoms with Gasteiger partial charge < -0.3 is 5.32 Å². The number of carbonyl (C=O) groups excluding carboxylic acids is 1. The monoisotopic (exact) mass is 197 g/mol. The average Bonchev–Trinajstić information content (AvgIpc) is 2.16. The van der Waals surface area contributed by atoms with Crippen LogP contribution in [0.1, 0.15) is 16.2 Å². The predicted octanol–water partition coefficient (Wildman–Crippen LogP) is 0.867. The fraction of sp³-hybridized carbons (Fsp3) is 0.375. The Morgan fingerprint density at radius 1 is 1.62 bits per heavy atom. The summed E-state index contributed by atoms with van der Waals surface area (Å²) >= 11 is 1.44. The summed E-state index contributed by atoms with van der Waals surface area (Å²) in [5, 5.41) is 3.26. The molecule has 0 aromatic carbocycles. The first-order chi connectivity index (χ1) is 6.19. The lowest BCUT2D eigenvalue weighted by Gasteiger charge is -2.04. The molecular formula is C8H11N3OS. The lowest BCUT2D eigenvalue weighted by molar-refractivity contribution is 0.0959. The van der Waals surface area contributed by atoms with Crippen LogP contribution in [0.3, 0.4) is 0 Å². The van der Waals surface area contributed by atoms with Crippen LogP contribution in [0.25, 0.3) is 0 Å². The van der Waals surface area contributed by atoms with E-state index in [1.54, 1.807) is 20.2 Å². The van der Waals surface area contributed by atoms with Crippen LogP contribution in [-0.2, 0) is 0 Å². The highest BCUT2D eigenvalue weighted by molar-refractivity contribution is 7.98. The van der Waals surface area contributed by atoms with Crippen LogP contribution in [-0.4, -0.2) is 29.2 Å². The number of hydrogen-bond acceptors (Lipinski definition) is 4. The van der Waals surface area contributed by atoms with Crippen LogP contribution in [0.4, 0.5) is 0 Å². The predicted molar refractivity (Wildman–Crippen MR) is 51.9 cm³/mol. The van der Waals surface area contributed by atoms with Crippen molar-refractivity contribution in [3.05, 3.63) is 17.6 Å². The van der Waals surface area contributed by atoms with E-state index in [0.29, 0.717) is 16.4 Å². The molecule has 0 atom stereocenters. The van der Waals surface area contributed by atoms with Crippen LogP contribution in [0.5, 0.6) is 0 Å². The smallest absolute Gasteiger partial charge is 0.255 e. The van der Waals surface area contributed by atoms with Crippen molar-refractivity contribution in [3.8, 4) is 0 Å². The SMILES string of the molecule is CNC(=O)c1cnc(C)nc1SC. The molecule has 4 nitrogen and oxygen atoms in total. The summed E-state index contributed by atoms with van der Waals surface area (Å²) in [4.78, 5) is 19.4. The Hall–Kier alpha value is -1.10. The van der Waals surface area contributed by atoms with E-state index in [4.69, 9.17) is 0 Å². The number of aryl methyl sites for hydroxylation is 1. The highest BCUT2D eigenvalue weighted by atomic mass is 32.2. The van der Waals surface area contributed by atoms with Gasteiger partial charge in [-0.05, 0) is 13.2 Å². The number of aromatic nitrogens is 2. The average molecular weight is 197 g/mol. The molecule has 70 valence electrons. The zero-order valence-corrected chi connectivity index (χ0v) is 8.60. The molecule has 1 aromatic heterocycles. The highest BCUT2D eigenvalue weighted by Gasteiger charge is 2.10. The first-order valence-electron chi connectivity index (χ1n) is 3.78. The molecule has 0 spiro atoms. The van der Waals surface area contributed by atoms with Gasteiger partial charge in [0.15, 0.2) is 0 Å². The summed E-state index contributed by atoms with van der Waals surface area (Å²) < 4.78 is 0. The fourth-order valence-electron chi connectivity index (χ4n) is 0.895. The maximum Gasteiger partial charge on any atom is 0.255 e. The van der Waals surface area contributed by atoms with Crippen LogP contribution in [0, 0.1) is 6.92 Å². The molecule has 0 aliphatic carbocycles. The Morgan fingerprint density at radius 2 is 2.31 bits per heavy atom. The Morgan fingerprint density at radius 3 is 2.85 bits per heavy atom. The third kappa shape index (κ3) is 2.18. The number of nitrogens with zero attached hydrogens (tertiary/aromatic N) is 2. The van der Waals surface area contributed by atoms with Gasteiger partial charge in [-0.15, -0.1) is 11.8 Å². The molecule has 1 N–H and O–H groups in total. The third-order valence-electron chi connectivity index (χ3n) is 1.54. The van der Waals surface area contributed by atoms with Gasteiger partial charge in [-0.1, -0.05) is 0 Å². The molecule has 0 radical (unpaired) electrons. The zero-order valence-electron chi connectivity index (χ0n) is 7.79. The van der Waals surface area contributed by atoms with Gasteiger partial charge in [0.2, 0.25) is 0 Å². The lowest BCUT2D eigenvalue weighted by Crippen LogP contribution is -2.19. The maximum atomic E-state index is 11.3. The minimum atomic E-state index is -0.149. The van der Waals surface area contributed by atoms with E-state index in [0.717, 1.165) is 0 Å². The van der Waals surface area contributed by atoms with Crippen LogP contribution >= 0.6 is 11.8 Å². The van der Waals surface area contributed by atoms with Crippen LogP contribution in [0.2, 0.25) is 0 Å². The van der Waals surface area contributed by atoms with E-state index in [1.807, 2.05) is 6.26 Å². The number of rotatable bonds is 2. The standard InChI is InChI=1S/C8H11N3OS/c1-5-10-4-6(7(12)9-2)8(11-5)13-3/h4H,1-3H3,(H,9,12). The highest BCUT2D eigenvalue weighted by Crippen LogP contribution is 2.16. The van der Waals surface area contributed by atoms with E-state index in [1.165, 1.54) is 11.8 Å². The second-order valence-corrected chi connectivity index (χ2v) is 3.21. The van der Waals surface area contributed by atoms with Gasteiger partial charge in [-0.2, -0.15) is 0 Å². The van der Waals surface area contributed by atoms with Gasteiger partial charge in [0.05, 0.1) is 5.56 Å². The molecule has 1 rings (SSSR count). The van der Waals surface area contributed by atoms with E-state index in [9.17, 15) is 4.79 Å². The molecule has 5 heteroatoms. The van der Waals surface area contributed by atoms with Gasteiger partial charge in [0.1, 0.15) is 10.9 Å². The van der Waals surface area contributed by atoms with Gasteiger partial charge in [0.25, 0.3) is 5.91 Å². The summed E-state index contributed by atoms with van der Waals surface area (Å²) in [5.74, 6) is 0.529. The van der Waals surface area contributed by atoms with Crippen molar-refractivity contribution in [3.63, 3.8) is 0 Å². The molecule has 0 bridgehead atoms. The molecule has 1 heterocycles. The molecule has 1 amide bonds. The van der Waals surface area contributed by atoms with Crippen molar-refractivity contribution in [1.29, 1.82) is 0 Å². The van der Waals surface area contributed by atoms with E-state index < -0.39 is 0 Å². The molecule has 1 aromatic rings. The number of amides is 1.